The maximum absolute atomic E-state index is 12.6. The molecule has 0 fully saturated rings. The van der Waals surface area contributed by atoms with Crippen LogP contribution in [0.15, 0.2) is 51.7 Å². The lowest BCUT2D eigenvalue weighted by molar-refractivity contribution is -0.308. The summed E-state index contributed by atoms with van der Waals surface area (Å²) in [6.07, 6.45) is -0.155. The molecule has 0 unspecified atom stereocenters. The highest BCUT2D eigenvalue weighted by Crippen LogP contribution is 2.28. The molecule has 0 saturated heterocycles. The van der Waals surface area contributed by atoms with Crippen molar-refractivity contribution in [3.63, 3.8) is 0 Å². The molecule has 1 heterocycles. The van der Waals surface area contributed by atoms with Crippen molar-refractivity contribution < 1.29 is 23.8 Å². The molecule has 0 radical (unpaired) electrons. The third kappa shape index (κ3) is 4.80. The molecule has 1 N–H and O–H groups in total. The maximum Gasteiger partial charge on any atom is 0.336 e. The largest absolute Gasteiger partial charge is 0.548 e. The molecule has 0 bridgehead atoms. The molecular weight excluding hydrogens is 410 g/mol. The molecule has 3 aromatic rings. The van der Waals surface area contributed by atoms with Gasteiger partial charge in [-0.05, 0) is 48.7 Å². The first kappa shape index (κ1) is 21.4. The van der Waals surface area contributed by atoms with E-state index in [1.807, 2.05) is 0 Å². The van der Waals surface area contributed by atoms with E-state index in [1.54, 1.807) is 43.3 Å². The van der Waals surface area contributed by atoms with Crippen molar-refractivity contribution in [2.45, 2.75) is 25.8 Å². The molecule has 0 aliphatic rings. The zero-order valence-electron chi connectivity index (χ0n) is 16.4. The van der Waals surface area contributed by atoms with Crippen LogP contribution in [-0.4, -0.2) is 25.0 Å². The molecule has 0 aliphatic carbocycles. The Labute approximate surface area is 177 Å². The van der Waals surface area contributed by atoms with Gasteiger partial charge in [0.15, 0.2) is 0 Å². The standard InChI is InChI=1S/C22H20ClNO6/c1-12-18(29-2)8-7-16-14(11-20(26)30-21(12)16)10-19(25)24-17(22(27)28)9-13-3-5-15(23)6-4-13/h3-8,11,17H,9-10H2,1-2H3,(H,24,25)(H,27,28)/p-1/t17-/m0/s1. The van der Waals surface area contributed by atoms with Crippen LogP contribution in [0.5, 0.6) is 5.75 Å². The van der Waals surface area contributed by atoms with E-state index in [-0.39, 0.29) is 12.8 Å². The van der Waals surface area contributed by atoms with E-state index in [0.717, 1.165) is 0 Å². The van der Waals surface area contributed by atoms with Gasteiger partial charge in [-0.15, -0.1) is 0 Å². The Bertz CT molecular complexity index is 1150. The van der Waals surface area contributed by atoms with Crippen LogP contribution >= 0.6 is 11.6 Å². The summed E-state index contributed by atoms with van der Waals surface area (Å²) in [4.78, 5) is 36.0. The number of carbonyl (C=O) groups is 2. The number of aryl methyl sites for hydroxylation is 1. The Morgan fingerprint density at radius 3 is 2.53 bits per heavy atom. The fraction of sp³-hybridized carbons (Fsp3) is 0.227. The number of halogens is 1. The van der Waals surface area contributed by atoms with Crippen molar-refractivity contribution in [3.05, 3.63) is 74.6 Å². The van der Waals surface area contributed by atoms with Crippen LogP contribution in [-0.2, 0) is 22.4 Å². The van der Waals surface area contributed by atoms with E-state index in [4.69, 9.17) is 20.8 Å². The number of carboxylic acids is 1. The Morgan fingerprint density at radius 1 is 1.20 bits per heavy atom. The molecule has 156 valence electrons. The van der Waals surface area contributed by atoms with E-state index < -0.39 is 23.5 Å². The lowest BCUT2D eigenvalue weighted by Crippen LogP contribution is -2.49. The highest BCUT2D eigenvalue weighted by Gasteiger charge is 2.18. The third-order valence-corrected chi connectivity index (χ3v) is 4.99. The topological polar surface area (TPSA) is 109 Å². The van der Waals surface area contributed by atoms with Gasteiger partial charge in [0.1, 0.15) is 11.3 Å². The van der Waals surface area contributed by atoms with Gasteiger partial charge in [0.2, 0.25) is 5.91 Å². The van der Waals surface area contributed by atoms with E-state index in [2.05, 4.69) is 5.32 Å². The number of ether oxygens (including phenoxy) is 1. The van der Waals surface area contributed by atoms with Gasteiger partial charge in [0, 0.05) is 22.0 Å². The average molecular weight is 429 g/mol. The smallest absolute Gasteiger partial charge is 0.336 e. The van der Waals surface area contributed by atoms with Crippen LogP contribution in [0.3, 0.4) is 0 Å². The van der Waals surface area contributed by atoms with Crippen molar-refractivity contribution in [1.29, 1.82) is 0 Å². The Kier molecular flexibility index (Phi) is 6.42. The molecule has 0 aliphatic heterocycles. The van der Waals surface area contributed by atoms with E-state index >= 15 is 0 Å². The number of carbonyl (C=O) groups excluding carboxylic acids is 2. The van der Waals surface area contributed by atoms with E-state index in [9.17, 15) is 19.5 Å². The van der Waals surface area contributed by atoms with Gasteiger partial charge in [0.05, 0.1) is 25.5 Å². The van der Waals surface area contributed by atoms with Gasteiger partial charge in [-0.3, -0.25) is 4.79 Å². The molecule has 1 aromatic heterocycles. The highest BCUT2D eigenvalue weighted by molar-refractivity contribution is 6.30. The number of aliphatic carboxylic acids is 1. The van der Waals surface area contributed by atoms with Crippen LogP contribution in [0.4, 0.5) is 0 Å². The second-order valence-corrected chi connectivity index (χ2v) is 7.24. The normalized spacial score (nSPS) is 11.8. The first-order valence-electron chi connectivity index (χ1n) is 9.13. The van der Waals surface area contributed by atoms with Gasteiger partial charge >= 0.3 is 5.63 Å². The number of benzene rings is 2. The van der Waals surface area contributed by atoms with E-state index in [0.29, 0.717) is 38.4 Å². The van der Waals surface area contributed by atoms with Gasteiger partial charge in [-0.25, -0.2) is 4.79 Å². The molecule has 1 atom stereocenters. The van der Waals surface area contributed by atoms with Crippen molar-refractivity contribution in [3.8, 4) is 5.75 Å². The number of fused-ring (bicyclic) bond motifs is 1. The van der Waals surface area contributed by atoms with Crippen molar-refractivity contribution in [2.75, 3.05) is 7.11 Å². The molecule has 2 aromatic carbocycles. The summed E-state index contributed by atoms with van der Waals surface area (Å²) in [5.41, 5.74) is 1.45. The first-order valence-corrected chi connectivity index (χ1v) is 9.51. The molecule has 1 amide bonds. The van der Waals surface area contributed by atoms with E-state index in [1.165, 1.54) is 13.2 Å². The Morgan fingerprint density at radius 2 is 1.90 bits per heavy atom. The quantitative estimate of drug-likeness (QED) is 0.574. The summed E-state index contributed by atoms with van der Waals surface area (Å²) in [5, 5.41) is 15.1. The van der Waals surface area contributed by atoms with Gasteiger partial charge in [-0.2, -0.15) is 0 Å². The molecule has 7 nitrogen and oxygen atoms in total. The van der Waals surface area contributed by atoms with Crippen molar-refractivity contribution in [1.82, 2.24) is 5.32 Å². The zero-order valence-corrected chi connectivity index (χ0v) is 17.1. The van der Waals surface area contributed by atoms with Gasteiger partial charge in [0.25, 0.3) is 0 Å². The summed E-state index contributed by atoms with van der Waals surface area (Å²) < 4.78 is 10.5. The summed E-state index contributed by atoms with van der Waals surface area (Å²) in [7, 11) is 1.50. The van der Waals surface area contributed by atoms with Crippen LogP contribution in [0, 0.1) is 6.92 Å². The Balaban J connectivity index is 1.83. The predicted octanol–water partition coefficient (Wildman–Crippen LogP) is 1.78. The Hall–Kier alpha value is -3.32. The number of nitrogens with one attached hydrogen (secondary N) is 1. The second kappa shape index (κ2) is 9.00. The number of amides is 1. The van der Waals surface area contributed by atoms with Gasteiger partial charge in [-0.1, -0.05) is 23.7 Å². The van der Waals surface area contributed by atoms with Gasteiger partial charge < -0.3 is 24.4 Å². The average Bonchev–Trinajstić information content (AvgIpc) is 2.69. The minimum Gasteiger partial charge on any atom is -0.548 e. The number of rotatable bonds is 7. The summed E-state index contributed by atoms with van der Waals surface area (Å²) in [6, 6.07) is 10.0. The van der Waals surface area contributed by atoms with Crippen LogP contribution in [0.2, 0.25) is 5.02 Å². The molecule has 0 spiro atoms. The third-order valence-electron chi connectivity index (χ3n) is 4.74. The summed E-state index contributed by atoms with van der Waals surface area (Å²) >= 11 is 5.84. The number of methoxy groups -OCH3 is 1. The number of hydrogen-bond donors (Lipinski definition) is 1. The summed E-state index contributed by atoms with van der Waals surface area (Å²) in [5.74, 6) is -1.41. The van der Waals surface area contributed by atoms with Crippen molar-refractivity contribution in [2.24, 2.45) is 0 Å². The first-order chi connectivity index (χ1) is 14.3. The van der Waals surface area contributed by atoms with Crippen LogP contribution in [0.25, 0.3) is 11.0 Å². The molecule has 0 saturated carbocycles. The fourth-order valence-corrected chi connectivity index (χ4v) is 3.37. The lowest BCUT2D eigenvalue weighted by Gasteiger charge is -2.20. The monoisotopic (exact) mass is 428 g/mol. The van der Waals surface area contributed by atoms with Crippen LogP contribution in [0.1, 0.15) is 16.7 Å². The minimum absolute atomic E-state index is 0.0409. The minimum atomic E-state index is -1.41. The molecule has 3 rings (SSSR count). The van der Waals surface area contributed by atoms with Crippen LogP contribution < -0.4 is 20.8 Å². The zero-order chi connectivity index (χ0) is 21.8. The second-order valence-electron chi connectivity index (χ2n) is 6.81. The van der Waals surface area contributed by atoms with Crippen molar-refractivity contribution >= 4 is 34.4 Å². The SMILES string of the molecule is COc1ccc2c(CC(=O)N[C@@H](Cc3ccc(Cl)cc3)C(=O)[O-])cc(=O)oc2c1C. The fourth-order valence-electron chi connectivity index (χ4n) is 3.24. The predicted molar refractivity (Wildman–Crippen MR) is 110 cm³/mol. The molecule has 8 heteroatoms. The number of carboxylic acid groups (broad SMARTS) is 1. The highest BCUT2D eigenvalue weighted by atomic mass is 35.5. The molecular formula is C22H19ClNO6-. The molecule has 30 heavy (non-hydrogen) atoms. The number of hydrogen-bond acceptors (Lipinski definition) is 6. The summed E-state index contributed by atoms with van der Waals surface area (Å²) in [6.45, 7) is 1.74. The lowest BCUT2D eigenvalue weighted by atomic mass is 10.0. The maximum atomic E-state index is 12.6.